The maximum atomic E-state index is 11.6. The molecule has 0 aromatic heterocycles. The van der Waals surface area contributed by atoms with E-state index in [1.54, 1.807) is 41.5 Å². The summed E-state index contributed by atoms with van der Waals surface area (Å²) in [5.41, 5.74) is -3.92. The summed E-state index contributed by atoms with van der Waals surface area (Å²) < 4.78 is 0. The Bertz CT molecular complexity index is 579. The SMILES string of the molecule is CC(C)(C)C(=O)CC(=O)C(C)(C)[C-](O)O.CC(C)(C)C(=O)CC(=O)C(C)(C)[C-](O)O.[Sr+2]. The molecule has 0 saturated carbocycles. The van der Waals surface area contributed by atoms with Crippen molar-refractivity contribution in [3.05, 3.63) is 12.6 Å². The van der Waals surface area contributed by atoms with Crippen molar-refractivity contribution in [2.45, 2.75) is 82.1 Å². The van der Waals surface area contributed by atoms with E-state index in [-0.39, 0.29) is 69.9 Å². The molecule has 0 fully saturated rings. The van der Waals surface area contributed by atoms with E-state index in [1.807, 2.05) is 0 Å². The van der Waals surface area contributed by atoms with Crippen LogP contribution in [0.5, 0.6) is 0 Å². The molecule has 8 nitrogen and oxygen atoms in total. The van der Waals surface area contributed by atoms with Gasteiger partial charge in [-0.15, -0.1) is 0 Å². The molecule has 0 aromatic rings. The number of rotatable bonds is 8. The number of hydrogen-bond donors (Lipinski definition) is 4. The average Bonchev–Trinajstić information content (AvgIpc) is 2.52. The van der Waals surface area contributed by atoms with Gasteiger partial charge >= 0.3 is 45.5 Å². The minimum Gasteiger partial charge on any atom is -0.535 e. The Hall–Kier alpha value is 0.000519. The Kier molecular flexibility index (Phi) is 15.0. The molecular weight excluding hydrogens is 480 g/mol. The molecule has 0 aliphatic heterocycles. The Labute approximate surface area is 223 Å². The van der Waals surface area contributed by atoms with Crippen LogP contribution < -0.4 is 0 Å². The van der Waals surface area contributed by atoms with Gasteiger partial charge in [0.25, 0.3) is 0 Å². The first-order chi connectivity index (χ1) is 13.0. The van der Waals surface area contributed by atoms with E-state index >= 15 is 0 Å². The fourth-order valence-electron chi connectivity index (χ4n) is 1.51. The van der Waals surface area contributed by atoms with Crippen LogP contribution in [0.15, 0.2) is 0 Å². The number of carbonyl (C=O) groups excluding carboxylic acids is 4. The number of hydrogen-bond acceptors (Lipinski definition) is 8. The first-order valence-corrected chi connectivity index (χ1v) is 9.63. The summed E-state index contributed by atoms with van der Waals surface area (Å²) in [7, 11) is 0. The summed E-state index contributed by atoms with van der Waals surface area (Å²) >= 11 is 0. The maximum Gasteiger partial charge on any atom is 2.00 e. The topological polar surface area (TPSA) is 149 Å². The molecule has 9 heteroatoms. The first-order valence-electron chi connectivity index (χ1n) is 9.63. The van der Waals surface area contributed by atoms with Gasteiger partial charge in [0.05, 0.1) is 12.8 Å². The molecule has 0 aromatic carbocycles. The number of ketones is 4. The molecule has 0 unspecified atom stereocenters. The van der Waals surface area contributed by atoms with Gasteiger partial charge in [-0.25, -0.2) is 0 Å². The van der Waals surface area contributed by atoms with E-state index in [9.17, 15) is 19.2 Å². The minimum atomic E-state index is -1.37. The van der Waals surface area contributed by atoms with Gasteiger partial charge in [0.15, 0.2) is 0 Å². The maximum absolute atomic E-state index is 11.6. The Morgan fingerprint density at radius 2 is 0.710 bits per heavy atom. The molecule has 0 saturated heterocycles. The van der Waals surface area contributed by atoms with Crippen LogP contribution in [0.2, 0.25) is 0 Å². The van der Waals surface area contributed by atoms with Gasteiger partial charge in [0, 0.05) is 10.8 Å². The van der Waals surface area contributed by atoms with E-state index in [1.165, 1.54) is 27.7 Å². The summed E-state index contributed by atoms with van der Waals surface area (Å²) in [5, 5.41) is 35.6. The van der Waals surface area contributed by atoms with Crippen molar-refractivity contribution in [2.24, 2.45) is 21.7 Å². The van der Waals surface area contributed by atoms with Gasteiger partial charge < -0.3 is 30.0 Å². The van der Waals surface area contributed by atoms with Crippen LogP contribution in [0.3, 0.4) is 0 Å². The quantitative estimate of drug-likeness (QED) is 0.217. The predicted octanol–water partition coefficient (Wildman–Crippen LogP) is 3.26. The Balaban J connectivity index is -0.000000490. The van der Waals surface area contributed by atoms with Crippen LogP contribution in [0.4, 0.5) is 0 Å². The van der Waals surface area contributed by atoms with E-state index in [0.29, 0.717) is 0 Å². The number of aliphatic hydroxyl groups is 4. The van der Waals surface area contributed by atoms with Gasteiger partial charge in [0.2, 0.25) is 0 Å². The third-order valence-corrected chi connectivity index (χ3v) is 4.83. The van der Waals surface area contributed by atoms with Gasteiger partial charge in [-0.2, -0.15) is 0 Å². The van der Waals surface area contributed by atoms with Gasteiger partial charge in [-0.1, -0.05) is 92.6 Å². The average molecular weight is 518 g/mol. The molecule has 0 atom stereocenters. The molecule has 0 heterocycles. The van der Waals surface area contributed by atoms with Gasteiger partial charge in [-0.3, -0.25) is 9.59 Å². The zero-order chi connectivity index (χ0) is 24.9. The van der Waals surface area contributed by atoms with Crippen molar-refractivity contribution < 1.29 is 39.6 Å². The molecule has 4 N–H and O–H groups in total. The number of carbonyl (C=O) groups is 4. The van der Waals surface area contributed by atoms with Crippen molar-refractivity contribution >= 4 is 68.6 Å². The van der Waals surface area contributed by atoms with E-state index in [4.69, 9.17) is 20.4 Å². The Morgan fingerprint density at radius 3 is 0.839 bits per heavy atom. The first kappa shape index (κ1) is 35.6. The molecule has 0 aliphatic rings. The van der Waals surface area contributed by atoms with Crippen molar-refractivity contribution in [1.82, 2.24) is 0 Å². The second-order valence-electron chi connectivity index (χ2n) is 10.4. The molecular formula is C22H38O8Sr. The molecule has 176 valence electrons. The molecule has 0 aliphatic carbocycles. The van der Waals surface area contributed by atoms with E-state index in [0.717, 1.165) is 0 Å². The second kappa shape index (κ2) is 13.0. The van der Waals surface area contributed by atoms with Crippen LogP contribution in [0.25, 0.3) is 0 Å². The Morgan fingerprint density at radius 1 is 0.516 bits per heavy atom. The van der Waals surface area contributed by atoms with Crippen LogP contribution in [0, 0.1) is 34.2 Å². The smallest absolute Gasteiger partial charge is 0.535 e. The van der Waals surface area contributed by atoms with Crippen LogP contribution in [0.1, 0.15) is 82.1 Å². The summed E-state index contributed by atoms with van der Waals surface area (Å²) in [6.07, 6.45) is -2.45. The standard InChI is InChI=1S/2C11H19O4.Sr/c2*1-10(2,3)7(12)6-8(13)11(4,5)9(14)15;/h2*14-15H,6H2,1-5H3;/q2*-1;+2. The molecule has 31 heavy (non-hydrogen) atoms. The van der Waals surface area contributed by atoms with Crippen LogP contribution in [-0.2, 0) is 19.2 Å². The van der Waals surface area contributed by atoms with Gasteiger partial charge in [0.1, 0.15) is 23.1 Å². The zero-order valence-electron chi connectivity index (χ0n) is 20.5. The third-order valence-electron chi connectivity index (χ3n) is 4.83. The van der Waals surface area contributed by atoms with Crippen molar-refractivity contribution in [2.75, 3.05) is 0 Å². The second-order valence-corrected chi connectivity index (χ2v) is 10.4. The zero-order valence-corrected chi connectivity index (χ0v) is 24.0. The van der Waals surface area contributed by atoms with Crippen LogP contribution in [-0.4, -0.2) is 89.0 Å². The van der Waals surface area contributed by atoms with Crippen molar-refractivity contribution in [3.63, 3.8) is 0 Å². The summed E-state index contributed by atoms with van der Waals surface area (Å²) in [5.74, 6) is -1.38. The fourth-order valence-corrected chi connectivity index (χ4v) is 1.51. The van der Waals surface area contributed by atoms with Crippen molar-refractivity contribution in [1.29, 1.82) is 0 Å². The summed E-state index contributed by atoms with van der Waals surface area (Å²) in [4.78, 5) is 46.3. The molecule has 0 bridgehead atoms. The summed E-state index contributed by atoms with van der Waals surface area (Å²) in [6, 6.07) is 0. The number of Topliss-reactive ketones (excluding diaryl/α,β-unsaturated/α-hetero) is 4. The van der Waals surface area contributed by atoms with Crippen LogP contribution >= 0.6 is 0 Å². The fraction of sp³-hybridized carbons (Fsp3) is 0.727. The number of aliphatic hydroxyl groups excluding tert-OH is 2. The largest absolute Gasteiger partial charge is 2.00 e. The molecule has 0 rings (SSSR count). The monoisotopic (exact) mass is 518 g/mol. The normalized spacial score (nSPS) is 12.6. The molecule has 0 radical (unpaired) electrons. The minimum absolute atomic E-state index is 0. The molecule has 0 spiro atoms. The van der Waals surface area contributed by atoms with E-state index in [2.05, 4.69) is 0 Å². The van der Waals surface area contributed by atoms with Crippen molar-refractivity contribution in [3.8, 4) is 0 Å². The molecule has 0 amide bonds. The predicted molar refractivity (Wildman–Crippen MR) is 116 cm³/mol. The van der Waals surface area contributed by atoms with E-state index < -0.39 is 45.8 Å². The van der Waals surface area contributed by atoms with Gasteiger partial charge in [-0.05, 0) is 0 Å². The summed E-state index contributed by atoms with van der Waals surface area (Å²) in [6.45, 7) is 15.8. The third kappa shape index (κ3) is 12.1.